The van der Waals surface area contributed by atoms with Crippen LogP contribution in [0.5, 0.6) is 34.5 Å². The summed E-state index contributed by atoms with van der Waals surface area (Å²) in [5.74, 6) is 0.455. The molecule has 0 spiro atoms. The lowest BCUT2D eigenvalue weighted by Crippen LogP contribution is -2.04. The predicted molar refractivity (Wildman–Crippen MR) is 197 cm³/mol. The molecule has 0 radical (unpaired) electrons. The van der Waals surface area contributed by atoms with Crippen LogP contribution in [0.4, 0.5) is 20.2 Å². The van der Waals surface area contributed by atoms with Crippen LogP contribution in [0.3, 0.4) is 0 Å². The van der Waals surface area contributed by atoms with E-state index in [1.54, 1.807) is 30.3 Å². The summed E-state index contributed by atoms with van der Waals surface area (Å²) in [6.45, 7) is 5.78. The molecule has 0 amide bonds. The van der Waals surface area contributed by atoms with Gasteiger partial charge in [-0.15, -0.1) is 0 Å². The van der Waals surface area contributed by atoms with Crippen LogP contribution >= 0.6 is 0 Å². The van der Waals surface area contributed by atoms with Gasteiger partial charge >= 0.3 is 0 Å². The lowest BCUT2D eigenvalue weighted by atomic mass is 10.1. The smallest absolute Gasteiger partial charge is 0.169 e. The third kappa shape index (κ3) is 12.2. The molecule has 5 aromatic rings. The molecule has 5 aromatic carbocycles. The highest BCUT2D eigenvalue weighted by molar-refractivity contribution is 5.51. The second-order valence-corrected chi connectivity index (χ2v) is 11.6. The second-order valence-electron chi connectivity index (χ2n) is 11.6. The molecule has 0 saturated heterocycles. The van der Waals surface area contributed by atoms with Crippen molar-refractivity contribution in [2.24, 2.45) is 0 Å². The highest BCUT2D eigenvalue weighted by Gasteiger charge is 2.13. The zero-order chi connectivity index (χ0) is 36.4. The zero-order valence-corrected chi connectivity index (χ0v) is 29.0. The van der Waals surface area contributed by atoms with Gasteiger partial charge in [0.25, 0.3) is 0 Å². The Morgan fingerprint density at radius 3 is 1.57 bits per heavy atom. The van der Waals surface area contributed by atoms with Crippen molar-refractivity contribution < 1.29 is 38.3 Å². The summed E-state index contributed by atoms with van der Waals surface area (Å²) in [7, 11) is 0. The SMILES string of the molecule is CCc1ccc(Oc2ccc(NCCCO)cc2F)c(O)c1.CCc1ccc(Oc2ccc(NCCCO)cc2F)c(OCc2ccccc2)c1. The van der Waals surface area contributed by atoms with Gasteiger partial charge in [-0.1, -0.05) is 56.3 Å². The summed E-state index contributed by atoms with van der Waals surface area (Å²) in [6.07, 6.45) is 2.87. The van der Waals surface area contributed by atoms with E-state index in [-0.39, 0.29) is 36.2 Å². The van der Waals surface area contributed by atoms with E-state index in [0.717, 1.165) is 29.5 Å². The van der Waals surface area contributed by atoms with Crippen LogP contribution in [0.2, 0.25) is 0 Å². The van der Waals surface area contributed by atoms with Crippen LogP contribution in [0.1, 0.15) is 43.4 Å². The Bertz CT molecular complexity index is 1810. The van der Waals surface area contributed by atoms with Gasteiger partial charge in [0.15, 0.2) is 46.1 Å². The summed E-state index contributed by atoms with van der Waals surface area (Å²) < 4.78 is 45.8. The summed E-state index contributed by atoms with van der Waals surface area (Å²) in [5, 5.41) is 33.5. The molecule has 0 aliphatic heterocycles. The maximum atomic E-state index is 14.5. The Hall–Kier alpha value is -5.32. The minimum Gasteiger partial charge on any atom is -0.504 e. The molecule has 0 saturated carbocycles. The van der Waals surface area contributed by atoms with E-state index in [9.17, 15) is 13.9 Å². The molecule has 0 aliphatic rings. The van der Waals surface area contributed by atoms with Gasteiger partial charge in [0.2, 0.25) is 0 Å². The Labute approximate surface area is 298 Å². The maximum Gasteiger partial charge on any atom is 0.169 e. The van der Waals surface area contributed by atoms with Gasteiger partial charge in [-0.2, -0.15) is 0 Å². The van der Waals surface area contributed by atoms with Gasteiger partial charge < -0.3 is 40.2 Å². The first kappa shape index (κ1) is 38.5. The molecule has 5 rings (SSSR count). The van der Waals surface area contributed by atoms with Crippen LogP contribution in [0, 0.1) is 11.6 Å². The lowest BCUT2D eigenvalue weighted by molar-refractivity contribution is 0.289. The van der Waals surface area contributed by atoms with Crippen molar-refractivity contribution in [3.8, 4) is 34.5 Å². The van der Waals surface area contributed by atoms with E-state index in [2.05, 4.69) is 17.6 Å². The lowest BCUT2D eigenvalue weighted by Gasteiger charge is -2.15. The van der Waals surface area contributed by atoms with Crippen molar-refractivity contribution in [2.75, 3.05) is 36.9 Å². The molecule has 0 bridgehead atoms. The summed E-state index contributed by atoms with van der Waals surface area (Å²) in [5.41, 5.74) is 4.40. The van der Waals surface area contributed by atoms with Gasteiger partial charge in [-0.3, -0.25) is 0 Å². The van der Waals surface area contributed by atoms with E-state index in [1.807, 2.05) is 61.5 Å². The largest absolute Gasteiger partial charge is 0.504 e. The molecule has 0 atom stereocenters. The number of aryl methyl sites for hydroxylation is 2. The van der Waals surface area contributed by atoms with E-state index in [0.29, 0.717) is 55.4 Å². The van der Waals surface area contributed by atoms with Gasteiger partial charge in [0, 0.05) is 49.8 Å². The van der Waals surface area contributed by atoms with Crippen molar-refractivity contribution in [2.45, 2.75) is 46.1 Å². The molecule has 270 valence electrons. The third-order valence-electron chi connectivity index (χ3n) is 7.72. The number of hydrogen-bond acceptors (Lipinski definition) is 8. The molecular weight excluding hydrogens is 654 g/mol. The van der Waals surface area contributed by atoms with Gasteiger partial charge in [0.05, 0.1) is 0 Å². The normalized spacial score (nSPS) is 10.5. The van der Waals surface area contributed by atoms with Crippen LogP contribution in [-0.4, -0.2) is 41.6 Å². The molecule has 5 N–H and O–H groups in total. The first-order valence-electron chi connectivity index (χ1n) is 17.1. The second kappa shape index (κ2) is 20.4. The predicted octanol–water partition coefficient (Wildman–Crippen LogP) is 9.23. The maximum absolute atomic E-state index is 14.5. The van der Waals surface area contributed by atoms with E-state index in [4.69, 9.17) is 24.4 Å². The van der Waals surface area contributed by atoms with E-state index >= 15 is 0 Å². The molecule has 8 nitrogen and oxygen atoms in total. The van der Waals surface area contributed by atoms with E-state index < -0.39 is 11.6 Å². The molecule has 0 aliphatic carbocycles. The third-order valence-corrected chi connectivity index (χ3v) is 7.72. The number of rotatable bonds is 17. The van der Waals surface area contributed by atoms with Crippen molar-refractivity contribution in [1.82, 2.24) is 0 Å². The van der Waals surface area contributed by atoms with Crippen molar-refractivity contribution in [3.63, 3.8) is 0 Å². The number of aromatic hydroxyl groups is 1. The molecule has 0 fully saturated rings. The number of hydrogen-bond donors (Lipinski definition) is 5. The average molecular weight is 701 g/mol. The first-order valence-corrected chi connectivity index (χ1v) is 17.1. The van der Waals surface area contributed by atoms with Crippen molar-refractivity contribution >= 4 is 11.4 Å². The fourth-order valence-electron chi connectivity index (χ4n) is 4.82. The molecule has 0 aromatic heterocycles. The Balaban J connectivity index is 0.000000238. The minimum absolute atomic E-state index is 0.0103. The quantitative estimate of drug-likeness (QED) is 0.0611. The zero-order valence-electron chi connectivity index (χ0n) is 29.0. The summed E-state index contributed by atoms with van der Waals surface area (Å²) >= 11 is 0. The number of halogens is 2. The molecule has 51 heavy (non-hydrogen) atoms. The fourth-order valence-corrected chi connectivity index (χ4v) is 4.82. The Morgan fingerprint density at radius 2 is 1.06 bits per heavy atom. The Kier molecular flexibility index (Phi) is 15.4. The monoisotopic (exact) mass is 700 g/mol. The number of aliphatic hydroxyl groups is 2. The number of nitrogens with one attached hydrogen (secondary N) is 2. The van der Waals surface area contributed by atoms with Crippen LogP contribution in [0.25, 0.3) is 0 Å². The standard InChI is InChI=1S/C24H26FNO3.C17H20FNO3/c1-2-18-9-11-23(24(15-18)28-17-19-7-4-3-5-8-19)29-22-12-10-20(16-21(22)25)26-13-6-14-27;1-2-12-4-6-17(15(21)10-12)22-16-7-5-13(11-14(16)18)19-8-3-9-20/h3-5,7-12,15-16,26-27H,2,6,13-14,17H2,1H3;4-7,10-11,19-21H,2-3,8-9H2,1H3. The number of phenols is 1. The molecule has 0 unspecified atom stereocenters. The highest BCUT2D eigenvalue weighted by atomic mass is 19.1. The highest BCUT2D eigenvalue weighted by Crippen LogP contribution is 2.36. The summed E-state index contributed by atoms with van der Waals surface area (Å²) in [6, 6.07) is 29.9. The topological polar surface area (TPSA) is 112 Å². The summed E-state index contributed by atoms with van der Waals surface area (Å²) in [4.78, 5) is 0. The van der Waals surface area contributed by atoms with Crippen LogP contribution < -0.4 is 24.8 Å². The molecular formula is C41H46F2N2O6. The average Bonchev–Trinajstić information content (AvgIpc) is 3.15. The van der Waals surface area contributed by atoms with Gasteiger partial charge in [-0.25, -0.2) is 8.78 Å². The number of aliphatic hydroxyl groups excluding tert-OH is 2. The molecule has 10 heteroatoms. The number of phenolic OH excluding ortho intramolecular Hbond substituents is 1. The van der Waals surface area contributed by atoms with Gasteiger partial charge in [-0.05, 0) is 90.9 Å². The number of ether oxygens (including phenoxy) is 3. The fraction of sp³-hybridized carbons (Fsp3) is 0.268. The minimum atomic E-state index is -0.520. The van der Waals surface area contributed by atoms with Crippen LogP contribution in [0.15, 0.2) is 103 Å². The number of benzene rings is 5. The van der Waals surface area contributed by atoms with Crippen molar-refractivity contribution in [3.05, 3.63) is 131 Å². The van der Waals surface area contributed by atoms with E-state index in [1.165, 1.54) is 18.2 Å². The molecule has 0 heterocycles. The van der Waals surface area contributed by atoms with Gasteiger partial charge in [0.1, 0.15) is 6.61 Å². The van der Waals surface area contributed by atoms with Crippen LogP contribution in [-0.2, 0) is 19.4 Å². The Morgan fingerprint density at radius 1 is 0.549 bits per heavy atom. The van der Waals surface area contributed by atoms with Crippen molar-refractivity contribution in [1.29, 1.82) is 0 Å². The first-order chi connectivity index (χ1) is 24.8. The number of anilines is 2.